The van der Waals surface area contributed by atoms with Gasteiger partial charge in [-0.15, -0.1) is 0 Å². The van der Waals surface area contributed by atoms with Crippen molar-refractivity contribution < 1.29 is 0 Å². The first kappa shape index (κ1) is 15.2. The topological polar surface area (TPSA) is 31.4 Å². The molecule has 1 aliphatic rings. The maximum absolute atomic E-state index is 5.56. The Balaban J connectivity index is 1.74. The number of benzene rings is 1. The molecule has 2 radical (unpaired) electrons. The Hall–Kier alpha value is -0.708. The molecule has 21 heavy (non-hydrogen) atoms. The van der Waals surface area contributed by atoms with Crippen LogP contribution in [-0.4, -0.2) is 61.1 Å². The van der Waals surface area contributed by atoms with Gasteiger partial charge in [-0.3, -0.25) is 0 Å². The third kappa shape index (κ3) is 3.38. The number of fused-ring (bicyclic) bond motifs is 1. The Morgan fingerprint density at radius 3 is 3.05 bits per heavy atom. The average molecular weight is 332 g/mol. The van der Waals surface area contributed by atoms with E-state index in [1.54, 1.807) is 11.3 Å². The minimum atomic E-state index is 0.410. The molecule has 1 aromatic carbocycles. The Kier molecular flexibility index (Phi) is 4.48. The second-order valence-corrected chi connectivity index (χ2v) is 7.61. The van der Waals surface area contributed by atoms with Crippen LogP contribution in [0.1, 0.15) is 12.5 Å². The number of anilines is 1. The van der Waals surface area contributed by atoms with Crippen LogP contribution in [0.25, 0.3) is 10.2 Å². The summed E-state index contributed by atoms with van der Waals surface area (Å²) in [5.41, 5.74) is 2.28. The number of piperazine rings is 1. The van der Waals surface area contributed by atoms with Crippen LogP contribution in [0.15, 0.2) is 18.2 Å². The highest BCUT2D eigenvalue weighted by Crippen LogP contribution is 2.27. The van der Waals surface area contributed by atoms with Crippen molar-refractivity contribution in [2.75, 3.05) is 25.0 Å². The molecule has 2 heterocycles. The summed E-state index contributed by atoms with van der Waals surface area (Å²) in [4.78, 5) is 6.85. The number of hydrogen-bond acceptors (Lipinski definition) is 4. The van der Waals surface area contributed by atoms with Crippen LogP contribution in [0.2, 0.25) is 0 Å². The summed E-state index contributed by atoms with van der Waals surface area (Å²) in [5.74, 6) is 0. The summed E-state index contributed by atoms with van der Waals surface area (Å²) in [6.45, 7) is 7.26. The molecule has 4 nitrogen and oxygen atoms in total. The number of hydrogen-bond donors (Lipinski definition) is 1. The lowest BCUT2D eigenvalue weighted by Gasteiger charge is -2.40. The first-order valence-corrected chi connectivity index (χ1v) is 8.71. The molecule has 108 valence electrons. The largest absolute Gasteiger partial charge is 0.399 e. The summed E-state index contributed by atoms with van der Waals surface area (Å²) in [6.07, 6.45) is 0. The van der Waals surface area contributed by atoms with Crippen LogP contribution < -0.4 is 5.32 Å². The molecule has 2 aromatic rings. The van der Waals surface area contributed by atoms with E-state index in [9.17, 15) is 0 Å². The number of nitrogens with one attached hydrogen (secondary N) is 1. The minimum Gasteiger partial charge on any atom is -0.399 e. The van der Waals surface area contributed by atoms with Gasteiger partial charge in [0.2, 0.25) is 0 Å². The van der Waals surface area contributed by atoms with Crippen LogP contribution >= 0.6 is 23.6 Å². The Morgan fingerprint density at radius 1 is 1.48 bits per heavy atom. The smallest absolute Gasteiger partial charge is 0.256 e. The van der Waals surface area contributed by atoms with Gasteiger partial charge in [0.15, 0.2) is 10.2 Å². The van der Waals surface area contributed by atoms with Gasteiger partial charge in [-0.05, 0) is 56.9 Å². The van der Waals surface area contributed by atoms with Crippen LogP contribution in [-0.2, 0) is 0 Å². The van der Waals surface area contributed by atoms with E-state index in [1.807, 2.05) is 0 Å². The summed E-state index contributed by atoms with van der Waals surface area (Å²) in [7, 11) is 0. The zero-order valence-corrected chi connectivity index (χ0v) is 15.0. The number of thiazole rings is 1. The molecule has 0 bridgehead atoms. The molecular weight excluding hydrogens is 315 g/mol. The molecule has 0 spiro atoms. The third-order valence-corrected chi connectivity index (χ3v) is 5.42. The van der Waals surface area contributed by atoms with Crippen molar-refractivity contribution in [3.8, 4) is 0 Å². The molecule has 3 rings (SSSR count). The highest BCUT2D eigenvalue weighted by molar-refractivity contribution is 7.80. The highest BCUT2D eigenvalue weighted by Gasteiger charge is 2.23. The van der Waals surface area contributed by atoms with Gasteiger partial charge in [0, 0.05) is 12.6 Å². The molecule has 1 aromatic heterocycles. The van der Waals surface area contributed by atoms with Gasteiger partial charge in [0.05, 0.1) is 10.2 Å². The fourth-order valence-electron chi connectivity index (χ4n) is 2.54. The van der Waals surface area contributed by atoms with Gasteiger partial charge >= 0.3 is 0 Å². The van der Waals surface area contributed by atoms with Gasteiger partial charge in [-0.25, -0.2) is 4.98 Å². The van der Waals surface area contributed by atoms with Crippen molar-refractivity contribution in [1.29, 1.82) is 0 Å². The molecule has 0 unspecified atom stereocenters. The molecule has 1 atom stereocenters. The quantitative estimate of drug-likeness (QED) is 0.640. The zero-order chi connectivity index (χ0) is 15.0. The van der Waals surface area contributed by atoms with E-state index < -0.39 is 0 Å². The lowest BCUT2D eigenvalue weighted by Crippen LogP contribution is -2.54. The molecule has 1 N–H and O–H groups in total. The number of aromatic nitrogens is 1. The molecule has 1 fully saturated rings. The highest BCUT2D eigenvalue weighted by atomic mass is 32.1. The van der Waals surface area contributed by atoms with E-state index in [0.29, 0.717) is 6.04 Å². The van der Waals surface area contributed by atoms with E-state index in [0.717, 1.165) is 35.4 Å². The van der Waals surface area contributed by atoms with Crippen molar-refractivity contribution in [3.05, 3.63) is 23.8 Å². The van der Waals surface area contributed by atoms with Gasteiger partial charge < -0.3 is 14.1 Å². The lowest BCUT2D eigenvalue weighted by atomic mass is 10.2. The standard InChI is InChI=1S/C14H17N4S2.Al/c1-9-3-4-11-12(7-9)20-13(16-11)17-14(19)18-6-5-15-8-10(18)2;/h3-4,7,10H,5-6,8H2,1-2H3,(H,16,17,19);/q-1;+1/t10-;/m1./s1. The fraction of sp³-hybridized carbons (Fsp3) is 0.429. The summed E-state index contributed by atoms with van der Waals surface area (Å²) in [5, 5.41) is 4.96. The SMILES string of the molecule is Cc1ccc2nc(NC(=S)N3CC[N]([Al])C[C@H]3C)sc2c1. The van der Waals surface area contributed by atoms with Crippen LogP contribution in [0.4, 0.5) is 5.13 Å². The van der Waals surface area contributed by atoms with Gasteiger partial charge in [0.1, 0.15) is 0 Å². The number of aryl methyl sites for hydroxylation is 1. The predicted octanol–water partition coefficient (Wildman–Crippen LogP) is 2.39. The number of rotatable bonds is 1. The second-order valence-electron chi connectivity index (χ2n) is 5.46. The Labute approximate surface area is 142 Å². The molecule has 0 amide bonds. The van der Waals surface area contributed by atoms with E-state index >= 15 is 0 Å². The van der Waals surface area contributed by atoms with E-state index in [4.69, 9.17) is 12.2 Å². The van der Waals surface area contributed by atoms with Crippen LogP contribution in [0.5, 0.6) is 0 Å². The normalized spacial score (nSPS) is 19.9. The average Bonchev–Trinajstić information content (AvgIpc) is 2.79. The van der Waals surface area contributed by atoms with Crippen molar-refractivity contribution in [1.82, 2.24) is 13.8 Å². The molecular formula is C14H17AlN4S2. The van der Waals surface area contributed by atoms with Crippen LogP contribution in [0.3, 0.4) is 0 Å². The zero-order valence-electron chi connectivity index (χ0n) is 12.2. The maximum atomic E-state index is 5.56. The molecule has 0 aliphatic carbocycles. The third-order valence-electron chi connectivity index (χ3n) is 3.68. The molecule has 0 saturated carbocycles. The van der Waals surface area contributed by atoms with Crippen molar-refractivity contribution in [3.63, 3.8) is 0 Å². The fourth-order valence-corrected chi connectivity index (χ4v) is 4.35. The first-order valence-electron chi connectivity index (χ1n) is 6.97. The summed E-state index contributed by atoms with van der Waals surface area (Å²) >= 11 is 9.98. The summed E-state index contributed by atoms with van der Waals surface area (Å²) in [6, 6.07) is 6.72. The van der Waals surface area contributed by atoms with Gasteiger partial charge in [-0.2, -0.15) is 0 Å². The van der Waals surface area contributed by atoms with Crippen LogP contribution in [0, 0.1) is 6.92 Å². The minimum absolute atomic E-state index is 0.410. The van der Waals surface area contributed by atoms with E-state index in [1.165, 1.54) is 10.3 Å². The number of nitrogens with zero attached hydrogens (tertiary/aromatic N) is 3. The van der Waals surface area contributed by atoms with Crippen molar-refractivity contribution in [2.45, 2.75) is 19.9 Å². The molecule has 1 aliphatic heterocycles. The van der Waals surface area contributed by atoms with E-state index in [-0.39, 0.29) is 0 Å². The Bertz CT molecular complexity index is 672. The molecule has 1 saturated heterocycles. The maximum Gasteiger partial charge on any atom is 0.256 e. The molecule has 7 heteroatoms. The second kappa shape index (κ2) is 6.19. The first-order chi connectivity index (χ1) is 10.0. The van der Waals surface area contributed by atoms with Gasteiger partial charge in [-0.1, -0.05) is 17.4 Å². The predicted molar refractivity (Wildman–Crippen MR) is 94.1 cm³/mol. The lowest BCUT2D eigenvalue weighted by molar-refractivity contribution is 0.210. The van der Waals surface area contributed by atoms with Crippen molar-refractivity contribution >= 4 is 60.5 Å². The van der Waals surface area contributed by atoms with Gasteiger partial charge in [0.25, 0.3) is 16.5 Å². The van der Waals surface area contributed by atoms with E-state index in [2.05, 4.69) is 67.6 Å². The number of thiocarbonyl (C=S) groups is 1. The monoisotopic (exact) mass is 332 g/mol. The summed E-state index contributed by atoms with van der Waals surface area (Å²) < 4.78 is 3.45. The van der Waals surface area contributed by atoms with Crippen molar-refractivity contribution in [2.24, 2.45) is 0 Å². The Morgan fingerprint density at radius 2 is 2.29 bits per heavy atom.